The van der Waals surface area contributed by atoms with Gasteiger partial charge in [-0.3, -0.25) is 4.98 Å². The van der Waals surface area contributed by atoms with E-state index in [1.165, 1.54) is 11.1 Å². The van der Waals surface area contributed by atoms with Crippen LogP contribution in [0.2, 0.25) is 5.02 Å². The Morgan fingerprint density at radius 1 is 1.33 bits per heavy atom. The Morgan fingerprint density at radius 2 is 2.11 bits per heavy atom. The van der Waals surface area contributed by atoms with Crippen LogP contribution in [0.5, 0.6) is 0 Å². The molecule has 0 amide bonds. The Bertz CT molecular complexity index is 542. The largest absolute Gasteiger partial charge is 0.261 e. The third-order valence-electron chi connectivity index (χ3n) is 2.67. The molecule has 0 spiro atoms. The van der Waals surface area contributed by atoms with Crippen molar-refractivity contribution < 1.29 is 0 Å². The molecule has 0 radical (unpaired) electrons. The molecule has 0 fully saturated rings. The van der Waals surface area contributed by atoms with E-state index in [1.807, 2.05) is 25.3 Å². The smallest absolute Gasteiger partial charge is 0.0542 e. The molecule has 4 heteroatoms. The normalized spacial score (nSPS) is 12.4. The first-order chi connectivity index (χ1) is 8.56. The minimum absolute atomic E-state index is 0.238. The number of benzene rings is 1. The average Bonchev–Trinajstić information content (AvgIpc) is 2.35. The molecule has 0 N–H and O–H groups in total. The van der Waals surface area contributed by atoms with Crippen molar-refractivity contribution >= 4 is 50.1 Å². The third-order valence-corrected chi connectivity index (χ3v) is 5.09. The number of aromatic nitrogens is 1. The summed E-state index contributed by atoms with van der Waals surface area (Å²) in [7, 11) is 0. The van der Waals surface area contributed by atoms with E-state index in [-0.39, 0.29) is 4.83 Å². The van der Waals surface area contributed by atoms with Crippen LogP contribution in [-0.4, -0.2) is 4.98 Å². The van der Waals surface area contributed by atoms with Crippen molar-refractivity contribution in [3.05, 3.63) is 61.9 Å². The van der Waals surface area contributed by atoms with Crippen LogP contribution < -0.4 is 0 Å². The van der Waals surface area contributed by atoms with E-state index in [0.717, 1.165) is 20.7 Å². The first kappa shape index (κ1) is 14.3. The van der Waals surface area contributed by atoms with Crippen LogP contribution in [0.1, 0.15) is 21.6 Å². The highest BCUT2D eigenvalue weighted by atomic mass is 127. The number of hydrogen-bond donors (Lipinski definition) is 0. The highest BCUT2D eigenvalue weighted by Gasteiger charge is 2.10. The van der Waals surface area contributed by atoms with Gasteiger partial charge in [0.15, 0.2) is 0 Å². The molecule has 0 aliphatic heterocycles. The van der Waals surface area contributed by atoms with Gasteiger partial charge in [-0.1, -0.05) is 39.7 Å². The second kappa shape index (κ2) is 6.35. The molecule has 2 aromatic rings. The molecule has 1 unspecified atom stereocenters. The number of alkyl halides is 1. The second-order valence-electron chi connectivity index (χ2n) is 4.17. The van der Waals surface area contributed by atoms with Gasteiger partial charge in [-0.25, -0.2) is 0 Å². The van der Waals surface area contributed by atoms with Gasteiger partial charge in [-0.15, -0.1) is 0 Å². The average molecular weight is 437 g/mol. The first-order valence-electron chi connectivity index (χ1n) is 5.57. The van der Waals surface area contributed by atoms with Crippen LogP contribution in [0, 0.1) is 10.5 Å². The summed E-state index contributed by atoms with van der Waals surface area (Å²) < 4.78 is 1.08. The molecule has 0 aliphatic rings. The van der Waals surface area contributed by atoms with Crippen LogP contribution in [0.3, 0.4) is 0 Å². The lowest BCUT2D eigenvalue weighted by Gasteiger charge is -2.11. The fourth-order valence-electron chi connectivity index (χ4n) is 1.63. The van der Waals surface area contributed by atoms with Gasteiger partial charge in [0.1, 0.15) is 0 Å². The van der Waals surface area contributed by atoms with Crippen molar-refractivity contribution in [2.75, 3.05) is 0 Å². The Hall–Kier alpha value is -0.130. The number of nitrogens with zero attached hydrogens (tertiary/aromatic N) is 1. The maximum atomic E-state index is 6.14. The monoisotopic (exact) mass is 435 g/mol. The van der Waals surface area contributed by atoms with Crippen LogP contribution in [0.15, 0.2) is 36.5 Å². The summed E-state index contributed by atoms with van der Waals surface area (Å²) in [6.07, 6.45) is 2.76. The molecule has 0 saturated heterocycles. The summed E-state index contributed by atoms with van der Waals surface area (Å²) in [6.45, 7) is 2.04. The molecule has 94 valence electrons. The fraction of sp³-hybridized carbons (Fsp3) is 0.214. The molecule has 2 rings (SSSR count). The van der Waals surface area contributed by atoms with E-state index in [2.05, 4.69) is 61.7 Å². The maximum Gasteiger partial charge on any atom is 0.0542 e. The van der Waals surface area contributed by atoms with Gasteiger partial charge >= 0.3 is 0 Å². The van der Waals surface area contributed by atoms with Crippen molar-refractivity contribution in [1.29, 1.82) is 0 Å². The molecule has 0 bridgehead atoms. The second-order valence-corrected chi connectivity index (χ2v) is 6.85. The van der Waals surface area contributed by atoms with E-state index in [1.54, 1.807) is 0 Å². The van der Waals surface area contributed by atoms with E-state index < -0.39 is 0 Å². The number of rotatable bonds is 3. The molecule has 1 aromatic carbocycles. The minimum Gasteiger partial charge on any atom is -0.261 e. The van der Waals surface area contributed by atoms with Gasteiger partial charge in [-0.2, -0.15) is 0 Å². The zero-order chi connectivity index (χ0) is 13.1. The number of pyridine rings is 1. The van der Waals surface area contributed by atoms with Gasteiger partial charge in [0, 0.05) is 26.7 Å². The lowest BCUT2D eigenvalue weighted by molar-refractivity contribution is 0.902. The fourth-order valence-corrected chi connectivity index (χ4v) is 2.77. The molecule has 1 heterocycles. The van der Waals surface area contributed by atoms with E-state index >= 15 is 0 Å². The number of hydrogen-bond acceptors (Lipinski definition) is 1. The van der Waals surface area contributed by atoms with Crippen molar-refractivity contribution in [1.82, 2.24) is 4.98 Å². The van der Waals surface area contributed by atoms with Crippen molar-refractivity contribution in [2.24, 2.45) is 0 Å². The Morgan fingerprint density at radius 3 is 2.72 bits per heavy atom. The number of aryl methyl sites for hydroxylation is 1. The molecule has 1 aromatic heterocycles. The van der Waals surface area contributed by atoms with Crippen molar-refractivity contribution in [2.45, 2.75) is 18.2 Å². The predicted molar refractivity (Wildman–Crippen MR) is 88.5 cm³/mol. The zero-order valence-corrected chi connectivity index (χ0v) is 14.3. The summed E-state index contributed by atoms with van der Waals surface area (Å²) >= 11 is 12.1. The minimum atomic E-state index is 0.238. The maximum absolute atomic E-state index is 6.14. The van der Waals surface area contributed by atoms with E-state index in [4.69, 9.17) is 11.6 Å². The van der Waals surface area contributed by atoms with Gasteiger partial charge in [0.25, 0.3) is 0 Å². The summed E-state index contributed by atoms with van der Waals surface area (Å²) in [5, 5.41) is 0.800. The van der Waals surface area contributed by atoms with Crippen LogP contribution in [0.4, 0.5) is 0 Å². The lowest BCUT2D eigenvalue weighted by atomic mass is 10.1. The van der Waals surface area contributed by atoms with Gasteiger partial charge in [0.05, 0.1) is 5.02 Å². The summed E-state index contributed by atoms with van der Waals surface area (Å²) in [6, 6.07) is 10.3. The van der Waals surface area contributed by atoms with Crippen molar-refractivity contribution in [3.8, 4) is 0 Å². The topological polar surface area (TPSA) is 12.9 Å². The van der Waals surface area contributed by atoms with Crippen molar-refractivity contribution in [3.63, 3.8) is 0 Å². The quantitative estimate of drug-likeness (QED) is 0.468. The van der Waals surface area contributed by atoms with Gasteiger partial charge in [-0.05, 0) is 58.8 Å². The van der Waals surface area contributed by atoms with Gasteiger partial charge in [0.2, 0.25) is 0 Å². The first-order valence-corrected chi connectivity index (χ1v) is 7.94. The van der Waals surface area contributed by atoms with Crippen LogP contribution in [0.25, 0.3) is 0 Å². The SMILES string of the molecule is Cc1ccc(CC(Br)c2ccc(I)c(Cl)c2)nc1. The highest BCUT2D eigenvalue weighted by Crippen LogP contribution is 2.30. The summed E-state index contributed by atoms with van der Waals surface area (Å²) in [5.41, 5.74) is 3.45. The zero-order valence-electron chi connectivity index (χ0n) is 9.83. The Kier molecular flexibility index (Phi) is 5.04. The molecule has 18 heavy (non-hydrogen) atoms. The third kappa shape index (κ3) is 3.68. The predicted octanol–water partition coefficient (Wildman–Crippen LogP) is 5.33. The molecule has 0 saturated carbocycles. The molecular weight excluding hydrogens is 424 g/mol. The summed E-state index contributed by atoms with van der Waals surface area (Å²) in [5.74, 6) is 0. The highest BCUT2D eigenvalue weighted by molar-refractivity contribution is 14.1. The summed E-state index contributed by atoms with van der Waals surface area (Å²) in [4.78, 5) is 4.66. The molecule has 1 nitrogen and oxygen atoms in total. The van der Waals surface area contributed by atoms with Crippen LogP contribution >= 0.6 is 50.1 Å². The van der Waals surface area contributed by atoms with E-state index in [0.29, 0.717) is 0 Å². The molecule has 1 atom stereocenters. The Labute approximate surface area is 134 Å². The van der Waals surface area contributed by atoms with E-state index in [9.17, 15) is 0 Å². The Balaban J connectivity index is 2.13. The molecular formula is C14H12BrClIN. The van der Waals surface area contributed by atoms with Gasteiger partial charge < -0.3 is 0 Å². The standard InChI is InChI=1S/C14H12BrClIN/c1-9-2-4-11(18-8-9)7-12(15)10-3-5-14(17)13(16)6-10/h2-6,8,12H,7H2,1H3. The lowest BCUT2D eigenvalue weighted by Crippen LogP contribution is -1.98. The number of halogens is 3. The molecule has 0 aliphatic carbocycles. The van der Waals surface area contributed by atoms with Crippen LogP contribution in [-0.2, 0) is 6.42 Å².